The highest BCUT2D eigenvalue weighted by Crippen LogP contribution is 2.22. The molecule has 1 saturated heterocycles. The molecule has 1 aliphatic heterocycles. The van der Waals surface area contributed by atoms with Gasteiger partial charge in [0.15, 0.2) is 0 Å². The Balaban J connectivity index is 1.48. The summed E-state index contributed by atoms with van der Waals surface area (Å²) >= 11 is 0. The number of hydrogen-bond acceptors (Lipinski definition) is 2. The lowest BCUT2D eigenvalue weighted by Crippen LogP contribution is -2.27. The fraction of sp³-hybridized carbons (Fsp3) is 0.600. The predicted octanol–water partition coefficient (Wildman–Crippen LogP) is 2.40. The van der Waals surface area contributed by atoms with Crippen molar-refractivity contribution >= 4 is 0 Å². The third-order valence-electron chi connectivity index (χ3n) is 3.99. The van der Waals surface area contributed by atoms with E-state index in [0.717, 1.165) is 43.7 Å². The van der Waals surface area contributed by atoms with Gasteiger partial charge in [0.05, 0.1) is 0 Å². The van der Waals surface area contributed by atoms with Crippen LogP contribution < -0.4 is 5.32 Å². The second-order valence-corrected chi connectivity index (χ2v) is 5.66. The smallest absolute Gasteiger partial charge is 0.127 e. The topological polar surface area (TPSA) is 15.3 Å². The molecule has 1 heterocycles. The Labute approximate surface area is 108 Å². The standard InChI is InChI=1S/C15H21FN2/c16-15-4-2-1-3-13(15)11-18-8-7-12(10-18)9-17-14-5-6-14/h1-4,12,14,17H,5-11H2. The number of likely N-dealkylation sites (tertiary alicyclic amines) is 1. The summed E-state index contributed by atoms with van der Waals surface area (Å²) in [6.07, 6.45) is 3.95. The van der Waals surface area contributed by atoms with Crippen molar-refractivity contribution < 1.29 is 4.39 Å². The molecule has 1 aliphatic carbocycles. The van der Waals surface area contributed by atoms with Gasteiger partial charge in [0.2, 0.25) is 0 Å². The Morgan fingerprint density at radius 2 is 2.06 bits per heavy atom. The van der Waals surface area contributed by atoms with Crippen LogP contribution in [0.1, 0.15) is 24.8 Å². The van der Waals surface area contributed by atoms with Gasteiger partial charge in [-0.2, -0.15) is 0 Å². The lowest BCUT2D eigenvalue weighted by molar-refractivity contribution is 0.309. The summed E-state index contributed by atoms with van der Waals surface area (Å²) in [6.45, 7) is 4.10. The molecule has 1 N–H and O–H groups in total. The average molecular weight is 248 g/mol. The number of benzene rings is 1. The third-order valence-corrected chi connectivity index (χ3v) is 3.99. The molecule has 3 rings (SSSR count). The highest BCUT2D eigenvalue weighted by atomic mass is 19.1. The van der Waals surface area contributed by atoms with Crippen molar-refractivity contribution in [2.45, 2.75) is 31.8 Å². The Hall–Kier alpha value is -0.930. The highest BCUT2D eigenvalue weighted by Gasteiger charge is 2.26. The maximum Gasteiger partial charge on any atom is 0.127 e. The predicted molar refractivity (Wildman–Crippen MR) is 70.8 cm³/mol. The van der Waals surface area contributed by atoms with Gasteiger partial charge in [-0.25, -0.2) is 4.39 Å². The van der Waals surface area contributed by atoms with E-state index in [1.54, 1.807) is 12.1 Å². The average Bonchev–Trinajstić information content (AvgIpc) is 3.10. The van der Waals surface area contributed by atoms with Gasteiger partial charge in [-0.15, -0.1) is 0 Å². The van der Waals surface area contributed by atoms with Crippen molar-refractivity contribution in [3.05, 3.63) is 35.6 Å². The van der Waals surface area contributed by atoms with Crippen molar-refractivity contribution in [1.82, 2.24) is 10.2 Å². The molecule has 98 valence electrons. The van der Waals surface area contributed by atoms with E-state index in [9.17, 15) is 4.39 Å². The summed E-state index contributed by atoms with van der Waals surface area (Å²) in [7, 11) is 0. The summed E-state index contributed by atoms with van der Waals surface area (Å²) < 4.78 is 13.6. The Morgan fingerprint density at radius 3 is 2.83 bits per heavy atom. The first-order valence-corrected chi connectivity index (χ1v) is 7.00. The van der Waals surface area contributed by atoms with E-state index in [-0.39, 0.29) is 5.82 Å². The normalized spacial score (nSPS) is 24.6. The van der Waals surface area contributed by atoms with Crippen LogP contribution in [0.15, 0.2) is 24.3 Å². The van der Waals surface area contributed by atoms with E-state index in [1.807, 2.05) is 12.1 Å². The lowest BCUT2D eigenvalue weighted by Gasteiger charge is -2.16. The van der Waals surface area contributed by atoms with Crippen molar-refractivity contribution in [1.29, 1.82) is 0 Å². The Bertz CT molecular complexity index is 403. The molecule has 0 spiro atoms. The molecular formula is C15H21FN2. The highest BCUT2D eigenvalue weighted by molar-refractivity contribution is 5.17. The van der Waals surface area contributed by atoms with Gasteiger partial charge < -0.3 is 5.32 Å². The van der Waals surface area contributed by atoms with Crippen molar-refractivity contribution in [2.24, 2.45) is 5.92 Å². The van der Waals surface area contributed by atoms with E-state index in [2.05, 4.69) is 10.2 Å². The number of nitrogens with zero attached hydrogens (tertiary/aromatic N) is 1. The fourth-order valence-corrected chi connectivity index (χ4v) is 2.71. The van der Waals surface area contributed by atoms with E-state index >= 15 is 0 Å². The summed E-state index contributed by atoms with van der Waals surface area (Å²) in [4.78, 5) is 2.37. The van der Waals surface area contributed by atoms with Crippen LogP contribution in [0, 0.1) is 11.7 Å². The first-order chi connectivity index (χ1) is 8.81. The Kier molecular flexibility index (Phi) is 3.62. The van der Waals surface area contributed by atoms with Crippen LogP contribution in [0.25, 0.3) is 0 Å². The molecule has 0 aromatic heterocycles. The maximum absolute atomic E-state index is 13.6. The van der Waals surface area contributed by atoms with Gasteiger partial charge >= 0.3 is 0 Å². The molecule has 1 aromatic carbocycles. The Morgan fingerprint density at radius 1 is 1.22 bits per heavy atom. The van der Waals surface area contributed by atoms with Gasteiger partial charge in [0.25, 0.3) is 0 Å². The zero-order valence-corrected chi connectivity index (χ0v) is 10.7. The summed E-state index contributed by atoms with van der Waals surface area (Å²) in [5.41, 5.74) is 0.827. The van der Waals surface area contributed by atoms with Crippen LogP contribution in [-0.4, -0.2) is 30.6 Å². The van der Waals surface area contributed by atoms with Crippen LogP contribution in [0.3, 0.4) is 0 Å². The largest absolute Gasteiger partial charge is 0.314 e. The van der Waals surface area contributed by atoms with Crippen LogP contribution in [0.4, 0.5) is 4.39 Å². The van der Waals surface area contributed by atoms with E-state index < -0.39 is 0 Å². The van der Waals surface area contributed by atoms with Crippen LogP contribution >= 0.6 is 0 Å². The van der Waals surface area contributed by atoms with Crippen molar-refractivity contribution in [2.75, 3.05) is 19.6 Å². The number of nitrogens with one attached hydrogen (secondary N) is 1. The lowest BCUT2D eigenvalue weighted by atomic mass is 10.1. The molecule has 2 fully saturated rings. The number of halogens is 1. The zero-order valence-electron chi connectivity index (χ0n) is 10.7. The second kappa shape index (κ2) is 5.37. The van der Waals surface area contributed by atoms with E-state index in [0.29, 0.717) is 0 Å². The molecule has 1 saturated carbocycles. The molecule has 2 nitrogen and oxygen atoms in total. The van der Waals surface area contributed by atoms with Gasteiger partial charge in [0, 0.05) is 24.7 Å². The minimum absolute atomic E-state index is 0.0722. The molecule has 0 bridgehead atoms. The molecule has 0 radical (unpaired) electrons. The molecule has 1 atom stereocenters. The quantitative estimate of drug-likeness (QED) is 0.861. The summed E-state index contributed by atoms with van der Waals surface area (Å²) in [6, 6.07) is 7.92. The molecule has 18 heavy (non-hydrogen) atoms. The van der Waals surface area contributed by atoms with Crippen molar-refractivity contribution in [3.8, 4) is 0 Å². The first-order valence-electron chi connectivity index (χ1n) is 7.00. The monoisotopic (exact) mass is 248 g/mol. The second-order valence-electron chi connectivity index (χ2n) is 5.66. The van der Waals surface area contributed by atoms with Gasteiger partial charge in [0.1, 0.15) is 5.82 Å². The van der Waals surface area contributed by atoms with Gasteiger partial charge in [-0.05, 0) is 44.3 Å². The molecule has 1 aromatic rings. The number of hydrogen-bond donors (Lipinski definition) is 1. The van der Waals surface area contributed by atoms with Crippen LogP contribution in [-0.2, 0) is 6.54 Å². The van der Waals surface area contributed by atoms with Crippen LogP contribution in [0.2, 0.25) is 0 Å². The van der Waals surface area contributed by atoms with Gasteiger partial charge in [-0.3, -0.25) is 4.90 Å². The summed E-state index contributed by atoms with van der Waals surface area (Å²) in [5.74, 6) is 0.675. The first kappa shape index (κ1) is 12.1. The molecule has 2 aliphatic rings. The zero-order chi connectivity index (χ0) is 12.4. The molecular weight excluding hydrogens is 227 g/mol. The molecule has 0 amide bonds. The molecule has 1 unspecified atom stereocenters. The summed E-state index contributed by atoms with van der Waals surface area (Å²) in [5, 5.41) is 3.59. The minimum Gasteiger partial charge on any atom is -0.314 e. The SMILES string of the molecule is Fc1ccccc1CN1CCC(CNC2CC2)C1. The third kappa shape index (κ3) is 3.09. The van der Waals surface area contributed by atoms with Crippen molar-refractivity contribution in [3.63, 3.8) is 0 Å². The van der Waals surface area contributed by atoms with Crippen LogP contribution in [0.5, 0.6) is 0 Å². The minimum atomic E-state index is -0.0722. The maximum atomic E-state index is 13.6. The van der Waals surface area contributed by atoms with Gasteiger partial charge in [-0.1, -0.05) is 18.2 Å². The number of rotatable bonds is 5. The molecule has 3 heteroatoms. The fourth-order valence-electron chi connectivity index (χ4n) is 2.71. The van der Waals surface area contributed by atoms with E-state index in [1.165, 1.54) is 19.3 Å². The van der Waals surface area contributed by atoms with E-state index in [4.69, 9.17) is 0 Å².